The van der Waals surface area contributed by atoms with Crippen LogP contribution in [0, 0.1) is 6.92 Å². The third kappa shape index (κ3) is 6.16. The number of hydrogen-bond donors (Lipinski definition) is 4. The summed E-state index contributed by atoms with van der Waals surface area (Å²) in [5, 5.41) is 25.4. The van der Waals surface area contributed by atoms with Crippen LogP contribution in [0.15, 0.2) is 5.38 Å². The van der Waals surface area contributed by atoms with Gasteiger partial charge in [0.1, 0.15) is 0 Å². The summed E-state index contributed by atoms with van der Waals surface area (Å²) in [5.74, 6) is -1.29. The molecule has 106 valence electrons. The average Bonchev–Trinajstić information content (AvgIpc) is 2.74. The highest BCUT2D eigenvalue weighted by atomic mass is 32.1. The molecule has 4 N–H and O–H groups in total. The van der Waals surface area contributed by atoms with Gasteiger partial charge in [-0.25, -0.2) is 14.6 Å². The molecule has 7 nitrogen and oxygen atoms in total. The van der Waals surface area contributed by atoms with E-state index in [1.165, 1.54) is 0 Å². The van der Waals surface area contributed by atoms with E-state index in [-0.39, 0.29) is 19.0 Å². The fourth-order valence-electron chi connectivity index (χ4n) is 1.34. The van der Waals surface area contributed by atoms with Crippen molar-refractivity contribution < 1.29 is 19.8 Å². The minimum atomic E-state index is -1.45. The topological polar surface area (TPSA) is 112 Å². The van der Waals surface area contributed by atoms with E-state index in [1.54, 1.807) is 11.3 Å². The van der Waals surface area contributed by atoms with Gasteiger partial charge in [-0.05, 0) is 6.92 Å². The second-order valence-corrected chi connectivity index (χ2v) is 5.00. The summed E-state index contributed by atoms with van der Waals surface area (Å²) in [6, 6.07) is -0.385. The molecule has 1 aromatic rings. The van der Waals surface area contributed by atoms with Crippen molar-refractivity contribution in [2.24, 2.45) is 0 Å². The van der Waals surface area contributed by atoms with Crippen LogP contribution in [0.25, 0.3) is 0 Å². The highest BCUT2D eigenvalue weighted by Gasteiger charge is 2.12. The minimum absolute atomic E-state index is 0.0198. The van der Waals surface area contributed by atoms with Crippen LogP contribution < -0.4 is 10.6 Å². The lowest BCUT2D eigenvalue weighted by molar-refractivity contribution is -0.146. The summed E-state index contributed by atoms with van der Waals surface area (Å²) in [4.78, 5) is 25.9. The van der Waals surface area contributed by atoms with Gasteiger partial charge in [-0.3, -0.25) is 0 Å². The van der Waals surface area contributed by atoms with Crippen LogP contribution in [0.2, 0.25) is 0 Å². The minimum Gasteiger partial charge on any atom is -0.479 e. The number of thiazole rings is 1. The van der Waals surface area contributed by atoms with Gasteiger partial charge in [0.15, 0.2) is 6.10 Å². The van der Waals surface area contributed by atoms with Crippen LogP contribution in [0.3, 0.4) is 0 Å². The van der Waals surface area contributed by atoms with Crippen molar-refractivity contribution in [2.75, 3.05) is 13.1 Å². The van der Waals surface area contributed by atoms with Gasteiger partial charge in [0.25, 0.3) is 0 Å². The number of amides is 2. The number of aryl methyl sites for hydroxylation is 1. The Hall–Kier alpha value is -1.67. The van der Waals surface area contributed by atoms with Gasteiger partial charge < -0.3 is 20.8 Å². The predicted octanol–water partition coefficient (Wildman–Crippen LogP) is 0.129. The molecule has 0 spiro atoms. The maximum absolute atomic E-state index is 11.3. The third-order valence-corrected chi connectivity index (χ3v) is 3.14. The van der Waals surface area contributed by atoms with E-state index >= 15 is 0 Å². The zero-order chi connectivity index (χ0) is 14.3. The number of rotatable bonds is 7. The van der Waals surface area contributed by atoms with E-state index in [2.05, 4.69) is 15.6 Å². The van der Waals surface area contributed by atoms with Crippen LogP contribution in [0.5, 0.6) is 0 Å². The summed E-state index contributed by atoms with van der Waals surface area (Å²) in [7, 11) is 0. The van der Waals surface area contributed by atoms with Gasteiger partial charge in [-0.1, -0.05) is 0 Å². The van der Waals surface area contributed by atoms with Crippen LogP contribution in [0.1, 0.15) is 17.1 Å². The van der Waals surface area contributed by atoms with Gasteiger partial charge in [-0.2, -0.15) is 0 Å². The number of carboxylic acids is 1. The normalized spacial score (nSPS) is 11.9. The molecule has 19 heavy (non-hydrogen) atoms. The molecule has 8 heteroatoms. The Morgan fingerprint density at radius 2 is 2.11 bits per heavy atom. The summed E-state index contributed by atoms with van der Waals surface area (Å²) < 4.78 is 0. The molecule has 0 saturated heterocycles. The Kier molecular flexibility index (Phi) is 6.23. The van der Waals surface area contributed by atoms with E-state index in [4.69, 9.17) is 10.2 Å². The van der Waals surface area contributed by atoms with Crippen LogP contribution in [0.4, 0.5) is 4.79 Å². The second kappa shape index (κ2) is 7.70. The monoisotopic (exact) mass is 287 g/mol. The lowest BCUT2D eigenvalue weighted by Gasteiger charge is -2.08. The summed E-state index contributed by atoms with van der Waals surface area (Å²) >= 11 is 1.56. The SMILES string of the molecule is Cc1nc(CCNC(=O)NCCC(O)C(=O)O)cs1. The Morgan fingerprint density at radius 1 is 1.42 bits per heavy atom. The molecular weight excluding hydrogens is 270 g/mol. The van der Waals surface area contributed by atoms with E-state index < -0.39 is 12.1 Å². The van der Waals surface area contributed by atoms with Crippen molar-refractivity contribution in [2.45, 2.75) is 25.9 Å². The summed E-state index contributed by atoms with van der Waals surface area (Å²) in [5.41, 5.74) is 0.934. The number of nitrogens with one attached hydrogen (secondary N) is 2. The van der Waals surface area contributed by atoms with E-state index in [0.717, 1.165) is 10.7 Å². The maximum Gasteiger partial charge on any atom is 0.332 e. The molecule has 1 atom stereocenters. The highest BCUT2D eigenvalue weighted by Crippen LogP contribution is 2.07. The lowest BCUT2D eigenvalue weighted by atomic mass is 10.2. The fourth-order valence-corrected chi connectivity index (χ4v) is 1.98. The Bertz CT molecular complexity index is 435. The maximum atomic E-state index is 11.3. The van der Waals surface area contributed by atoms with Gasteiger partial charge in [0.05, 0.1) is 10.7 Å². The van der Waals surface area contributed by atoms with Crippen molar-refractivity contribution in [3.8, 4) is 0 Å². The zero-order valence-corrected chi connectivity index (χ0v) is 11.4. The van der Waals surface area contributed by atoms with Crippen molar-refractivity contribution in [1.29, 1.82) is 0 Å². The quantitative estimate of drug-likeness (QED) is 0.569. The van der Waals surface area contributed by atoms with Gasteiger partial charge in [-0.15, -0.1) is 11.3 Å². The molecule has 0 aliphatic carbocycles. The van der Waals surface area contributed by atoms with E-state index in [1.807, 2.05) is 12.3 Å². The number of carboxylic acid groups (broad SMARTS) is 1. The first-order valence-corrected chi connectivity index (χ1v) is 6.70. The van der Waals surface area contributed by atoms with Crippen molar-refractivity contribution >= 4 is 23.3 Å². The number of nitrogens with zero attached hydrogens (tertiary/aromatic N) is 1. The molecule has 0 bridgehead atoms. The average molecular weight is 287 g/mol. The number of carbonyl (C=O) groups is 2. The molecular formula is C11H17N3O4S. The Balaban J connectivity index is 2.10. The first-order valence-electron chi connectivity index (χ1n) is 5.82. The number of aliphatic hydroxyl groups excluding tert-OH is 1. The number of aromatic nitrogens is 1. The standard InChI is InChI=1S/C11H17N3O4S/c1-7-14-8(6-19-7)2-4-12-11(18)13-5-3-9(15)10(16)17/h6,9,15H,2-5H2,1H3,(H,16,17)(H2,12,13,18). The molecule has 2 amide bonds. The Labute approximate surface area is 114 Å². The van der Waals surface area contributed by atoms with Crippen LogP contribution in [-0.2, 0) is 11.2 Å². The first kappa shape index (κ1) is 15.4. The molecule has 0 aliphatic rings. The van der Waals surface area contributed by atoms with Crippen molar-refractivity contribution in [1.82, 2.24) is 15.6 Å². The van der Waals surface area contributed by atoms with Gasteiger partial charge in [0.2, 0.25) is 0 Å². The molecule has 0 aliphatic heterocycles. The van der Waals surface area contributed by atoms with Crippen molar-refractivity contribution in [3.63, 3.8) is 0 Å². The molecule has 0 radical (unpaired) electrons. The number of aliphatic hydroxyl groups is 1. The summed E-state index contributed by atoms with van der Waals surface area (Å²) in [6.07, 6.45) is -0.818. The second-order valence-electron chi connectivity index (χ2n) is 3.93. The number of carbonyl (C=O) groups excluding carboxylic acids is 1. The molecule has 1 unspecified atom stereocenters. The van der Waals surface area contributed by atoms with E-state index in [9.17, 15) is 9.59 Å². The third-order valence-electron chi connectivity index (χ3n) is 2.32. The van der Waals surface area contributed by atoms with Gasteiger partial charge >= 0.3 is 12.0 Å². The Morgan fingerprint density at radius 3 is 2.68 bits per heavy atom. The molecule has 0 fully saturated rings. The number of hydrogen-bond acceptors (Lipinski definition) is 5. The smallest absolute Gasteiger partial charge is 0.332 e. The van der Waals surface area contributed by atoms with Crippen molar-refractivity contribution in [3.05, 3.63) is 16.1 Å². The largest absolute Gasteiger partial charge is 0.479 e. The van der Waals surface area contributed by atoms with Crippen LogP contribution in [-0.4, -0.2) is 46.4 Å². The molecule has 0 aromatic carbocycles. The number of urea groups is 1. The fraction of sp³-hybridized carbons (Fsp3) is 0.545. The van der Waals surface area contributed by atoms with E-state index in [0.29, 0.717) is 13.0 Å². The molecule has 1 aromatic heterocycles. The van der Waals surface area contributed by atoms with Crippen LogP contribution >= 0.6 is 11.3 Å². The summed E-state index contributed by atoms with van der Waals surface area (Å²) in [6.45, 7) is 2.48. The predicted molar refractivity (Wildman–Crippen MR) is 70.2 cm³/mol. The van der Waals surface area contributed by atoms with Gasteiger partial charge in [0, 0.05) is 31.3 Å². The first-order chi connectivity index (χ1) is 8.99. The molecule has 1 heterocycles. The number of aliphatic carboxylic acids is 1. The highest BCUT2D eigenvalue weighted by molar-refractivity contribution is 7.09. The lowest BCUT2D eigenvalue weighted by Crippen LogP contribution is -2.38. The zero-order valence-electron chi connectivity index (χ0n) is 10.5. The molecule has 0 saturated carbocycles. The molecule has 1 rings (SSSR count).